The Morgan fingerprint density at radius 1 is 0.585 bits per heavy atom. The topological polar surface area (TPSA) is 54.8 Å². The predicted molar refractivity (Wildman–Crippen MR) is 167 cm³/mol. The first-order chi connectivity index (χ1) is 20.3. The molecular weight excluding hydrogens is 502 g/mol. The highest BCUT2D eigenvalue weighted by Crippen LogP contribution is 2.48. The molecule has 9 rings (SSSR count). The number of hydrogen-bond donors (Lipinski definition) is 0. The molecule has 0 bridgehead atoms. The van der Waals surface area contributed by atoms with Gasteiger partial charge in [0.05, 0.1) is 33.3 Å². The summed E-state index contributed by atoms with van der Waals surface area (Å²) in [4.78, 5) is 22.8. The van der Waals surface area contributed by atoms with Gasteiger partial charge in [0.2, 0.25) is 5.95 Å². The Morgan fingerprint density at radius 2 is 1.37 bits per heavy atom. The molecule has 0 atom stereocenters. The summed E-state index contributed by atoms with van der Waals surface area (Å²) in [5, 5.41) is 7.77. The number of anilines is 3. The number of pyridine rings is 2. The van der Waals surface area contributed by atoms with Gasteiger partial charge in [-0.2, -0.15) is 0 Å². The molecule has 0 unspecified atom stereocenters. The van der Waals surface area contributed by atoms with Crippen LogP contribution in [0.25, 0.3) is 67.1 Å². The fourth-order valence-corrected chi connectivity index (χ4v) is 6.45. The number of rotatable bonds is 2. The summed E-state index contributed by atoms with van der Waals surface area (Å²) < 4.78 is 0. The zero-order chi connectivity index (χ0) is 26.9. The van der Waals surface area contributed by atoms with Gasteiger partial charge in [-0.1, -0.05) is 91.0 Å². The van der Waals surface area contributed by atoms with Crippen molar-refractivity contribution in [3.63, 3.8) is 0 Å². The largest absolute Gasteiger partial charge is 0.262 e. The quantitative estimate of drug-likeness (QED) is 0.239. The van der Waals surface area contributed by atoms with Gasteiger partial charge in [-0.05, 0) is 47.2 Å². The van der Waals surface area contributed by atoms with Crippen LogP contribution in [-0.2, 0) is 0 Å². The Morgan fingerprint density at radius 3 is 2.34 bits per heavy atom. The first-order valence-electron chi connectivity index (χ1n) is 14.0. The van der Waals surface area contributed by atoms with Gasteiger partial charge in [-0.25, -0.2) is 15.0 Å². The molecule has 0 N–H and O–H groups in total. The third-order valence-electron chi connectivity index (χ3n) is 8.27. The van der Waals surface area contributed by atoms with E-state index in [9.17, 15) is 0 Å². The summed E-state index contributed by atoms with van der Waals surface area (Å²) >= 11 is 0. The molecule has 0 fully saturated rings. The van der Waals surface area contributed by atoms with Gasteiger partial charge in [-0.15, -0.1) is 0 Å². The minimum absolute atomic E-state index is 0.599. The zero-order valence-electron chi connectivity index (χ0n) is 22.1. The second-order valence-corrected chi connectivity index (χ2v) is 10.6. The molecule has 1 aliphatic heterocycles. The van der Waals surface area contributed by atoms with Crippen molar-refractivity contribution in [1.29, 1.82) is 0 Å². The van der Waals surface area contributed by atoms with Crippen molar-refractivity contribution in [3.05, 3.63) is 114 Å². The Bertz CT molecular complexity index is 2340. The van der Waals surface area contributed by atoms with Crippen molar-refractivity contribution in [3.8, 4) is 22.5 Å². The minimum Gasteiger partial charge on any atom is -0.262 e. The molecule has 5 nitrogen and oxygen atoms in total. The van der Waals surface area contributed by atoms with Crippen molar-refractivity contribution >= 4 is 62.1 Å². The molecule has 0 saturated carbocycles. The molecular formula is C36H23N5. The molecule has 7 aromatic rings. The highest BCUT2D eigenvalue weighted by molar-refractivity contribution is 6.11. The summed E-state index contributed by atoms with van der Waals surface area (Å²) in [6, 6.07) is 33.7. The second-order valence-electron chi connectivity index (χ2n) is 10.6. The highest BCUT2D eigenvalue weighted by Gasteiger charge is 2.31. The van der Waals surface area contributed by atoms with Gasteiger partial charge in [0.1, 0.15) is 0 Å². The van der Waals surface area contributed by atoms with Crippen LogP contribution in [-0.4, -0.2) is 19.9 Å². The maximum absolute atomic E-state index is 5.35. The third-order valence-corrected chi connectivity index (χ3v) is 8.27. The van der Waals surface area contributed by atoms with E-state index in [-0.39, 0.29) is 0 Å². The standard InChI is InChI=1S/C36H23N5/c1-2-12-23-22(10-1)11-9-16-26(23)33-27-14-4-7-18-30(27)39-36(40-33)41-31-19-8-5-15-28(31)34-32-25(20-21-37-34)24-13-3-6-17-29(24)38-35(32)41/h1-2,4-5,7-21H,3,6H2. The average Bonchev–Trinajstić information content (AvgIpc) is 3.04. The lowest BCUT2D eigenvalue weighted by atomic mass is 9.96. The van der Waals surface area contributed by atoms with Crippen molar-refractivity contribution in [2.45, 2.75) is 12.8 Å². The Hall–Kier alpha value is -5.42. The van der Waals surface area contributed by atoms with Crippen LogP contribution in [0.4, 0.5) is 17.5 Å². The summed E-state index contributed by atoms with van der Waals surface area (Å²) in [5.41, 5.74) is 5.87. The zero-order valence-corrected chi connectivity index (χ0v) is 22.1. The summed E-state index contributed by atoms with van der Waals surface area (Å²) in [7, 11) is 0. The number of aromatic nitrogens is 4. The Balaban J connectivity index is 1.41. The van der Waals surface area contributed by atoms with Crippen LogP contribution in [0.3, 0.4) is 0 Å². The monoisotopic (exact) mass is 525 g/mol. The summed E-state index contributed by atoms with van der Waals surface area (Å²) in [6.07, 6.45) is 8.47. The van der Waals surface area contributed by atoms with Crippen molar-refractivity contribution in [2.24, 2.45) is 0 Å². The van der Waals surface area contributed by atoms with E-state index in [1.54, 1.807) is 0 Å². The van der Waals surface area contributed by atoms with E-state index in [4.69, 9.17) is 19.9 Å². The molecule has 0 amide bonds. The Labute approximate surface area is 235 Å². The van der Waals surface area contributed by atoms with E-state index < -0.39 is 0 Å². The van der Waals surface area contributed by atoms with Crippen molar-refractivity contribution in [1.82, 2.24) is 19.9 Å². The smallest absolute Gasteiger partial charge is 0.237 e. The number of fused-ring (bicyclic) bond motifs is 6. The maximum Gasteiger partial charge on any atom is 0.237 e. The van der Waals surface area contributed by atoms with Crippen LogP contribution >= 0.6 is 0 Å². The fourth-order valence-electron chi connectivity index (χ4n) is 6.45. The molecule has 4 aromatic carbocycles. The first-order valence-corrected chi connectivity index (χ1v) is 14.0. The molecule has 4 heterocycles. The van der Waals surface area contributed by atoms with Gasteiger partial charge in [0, 0.05) is 27.9 Å². The molecule has 2 aliphatic rings. The van der Waals surface area contributed by atoms with E-state index >= 15 is 0 Å². The lowest BCUT2D eigenvalue weighted by Crippen LogP contribution is -2.34. The van der Waals surface area contributed by atoms with Crippen LogP contribution in [0.5, 0.6) is 0 Å². The molecule has 0 saturated heterocycles. The highest BCUT2D eigenvalue weighted by atomic mass is 15.3. The molecule has 41 heavy (non-hydrogen) atoms. The molecule has 0 radical (unpaired) electrons. The van der Waals surface area contributed by atoms with Crippen LogP contribution in [0.2, 0.25) is 0 Å². The van der Waals surface area contributed by atoms with Gasteiger partial charge in [-0.3, -0.25) is 9.88 Å². The van der Waals surface area contributed by atoms with E-state index in [2.05, 4.69) is 108 Å². The Kier molecular flexibility index (Phi) is 4.66. The van der Waals surface area contributed by atoms with E-state index in [0.717, 1.165) is 73.9 Å². The van der Waals surface area contributed by atoms with Crippen LogP contribution in [0.15, 0.2) is 103 Å². The van der Waals surface area contributed by atoms with Gasteiger partial charge in [0.25, 0.3) is 0 Å². The van der Waals surface area contributed by atoms with Crippen LogP contribution in [0.1, 0.15) is 12.8 Å². The second kappa shape index (κ2) is 8.54. The number of nitrogens with zero attached hydrogens (tertiary/aromatic N) is 5. The third kappa shape index (κ3) is 3.23. The lowest BCUT2D eigenvalue weighted by molar-refractivity contribution is 1.04. The van der Waals surface area contributed by atoms with Crippen molar-refractivity contribution in [2.75, 3.05) is 4.90 Å². The van der Waals surface area contributed by atoms with E-state index in [1.807, 2.05) is 12.3 Å². The molecule has 1 aliphatic carbocycles. The van der Waals surface area contributed by atoms with E-state index in [1.165, 1.54) is 16.0 Å². The maximum atomic E-state index is 5.35. The number of benzene rings is 4. The predicted octanol–water partition coefficient (Wildman–Crippen LogP) is 7.20. The van der Waals surface area contributed by atoms with E-state index in [0.29, 0.717) is 5.95 Å². The fraction of sp³-hybridized carbons (Fsp3) is 0.0556. The SMILES string of the molecule is C1=c2nc3c4c(nccc4c2=CCC1)-c1ccccc1N3c1nc(-c2cccc3ccccc23)c2ccccc2n1. The minimum atomic E-state index is 0.599. The van der Waals surface area contributed by atoms with Crippen LogP contribution in [0, 0.1) is 0 Å². The molecule has 0 spiro atoms. The molecule has 5 heteroatoms. The lowest BCUT2D eigenvalue weighted by Gasteiger charge is -2.31. The van der Waals surface area contributed by atoms with Gasteiger partial charge in [0.15, 0.2) is 5.82 Å². The van der Waals surface area contributed by atoms with Crippen molar-refractivity contribution < 1.29 is 0 Å². The summed E-state index contributed by atoms with van der Waals surface area (Å²) in [5.74, 6) is 1.42. The number of para-hydroxylation sites is 2. The average molecular weight is 526 g/mol. The molecule has 3 aromatic heterocycles. The van der Waals surface area contributed by atoms with Crippen LogP contribution < -0.4 is 15.5 Å². The normalized spacial score (nSPS) is 13.5. The number of hydrogen-bond acceptors (Lipinski definition) is 5. The van der Waals surface area contributed by atoms with Gasteiger partial charge >= 0.3 is 0 Å². The molecule has 192 valence electrons. The van der Waals surface area contributed by atoms with Gasteiger partial charge < -0.3 is 0 Å². The first kappa shape index (κ1) is 22.4. The summed E-state index contributed by atoms with van der Waals surface area (Å²) in [6.45, 7) is 0.